The molecule has 0 amide bonds. The van der Waals surface area contributed by atoms with Crippen molar-refractivity contribution in [3.8, 4) is 11.1 Å². The third-order valence-corrected chi connectivity index (χ3v) is 6.01. The SMILES string of the molecule is CCn1c2ccccc2c2cc3c4c(ccc3cc21)-c1ccccc1C4. The zero-order chi connectivity index (χ0) is 17.3. The van der Waals surface area contributed by atoms with Crippen LogP contribution < -0.4 is 0 Å². The van der Waals surface area contributed by atoms with Crippen LogP contribution >= 0.6 is 0 Å². The van der Waals surface area contributed by atoms with E-state index in [1.54, 1.807) is 0 Å². The van der Waals surface area contributed by atoms with E-state index in [1.807, 2.05) is 0 Å². The number of rotatable bonds is 1. The molecule has 0 radical (unpaired) electrons. The van der Waals surface area contributed by atoms with Crippen molar-refractivity contribution in [2.24, 2.45) is 0 Å². The molecule has 0 bridgehead atoms. The highest BCUT2D eigenvalue weighted by atomic mass is 15.0. The smallest absolute Gasteiger partial charge is 0.0497 e. The summed E-state index contributed by atoms with van der Waals surface area (Å²) in [5.41, 5.74) is 8.43. The van der Waals surface area contributed by atoms with Gasteiger partial charge in [0.25, 0.3) is 0 Å². The summed E-state index contributed by atoms with van der Waals surface area (Å²) in [5.74, 6) is 0. The van der Waals surface area contributed by atoms with Gasteiger partial charge >= 0.3 is 0 Å². The van der Waals surface area contributed by atoms with Crippen LogP contribution in [0.5, 0.6) is 0 Å². The summed E-state index contributed by atoms with van der Waals surface area (Å²) in [4.78, 5) is 0. The summed E-state index contributed by atoms with van der Waals surface area (Å²) in [6.07, 6.45) is 1.04. The normalized spacial score (nSPS) is 12.8. The summed E-state index contributed by atoms with van der Waals surface area (Å²) >= 11 is 0. The van der Waals surface area contributed by atoms with Crippen LogP contribution in [-0.4, -0.2) is 4.57 Å². The standard InChI is InChI=1S/C25H19N/c1-2-26-24-10-6-5-9-20(24)23-15-21-17(14-25(23)26)11-12-19-18-8-4-3-7-16(18)13-22(19)21/h3-12,14-15H,2,13H2,1H3. The van der Waals surface area contributed by atoms with Gasteiger partial charge in [0.2, 0.25) is 0 Å². The van der Waals surface area contributed by atoms with Crippen LogP contribution in [0.4, 0.5) is 0 Å². The zero-order valence-corrected chi connectivity index (χ0v) is 14.8. The van der Waals surface area contributed by atoms with Gasteiger partial charge in [-0.1, -0.05) is 54.6 Å². The molecule has 0 spiro atoms. The van der Waals surface area contributed by atoms with Crippen LogP contribution in [0.25, 0.3) is 43.7 Å². The lowest BCUT2D eigenvalue weighted by atomic mass is 9.97. The first-order valence-corrected chi connectivity index (χ1v) is 9.40. The predicted octanol–water partition coefficient (Wildman–Crippen LogP) is 6.54. The molecule has 5 aromatic rings. The van der Waals surface area contributed by atoms with Crippen molar-refractivity contribution in [2.75, 3.05) is 0 Å². The molecule has 124 valence electrons. The highest BCUT2D eigenvalue weighted by Crippen LogP contribution is 2.42. The van der Waals surface area contributed by atoms with Crippen LogP contribution in [0.1, 0.15) is 18.1 Å². The molecule has 0 saturated carbocycles. The van der Waals surface area contributed by atoms with Crippen molar-refractivity contribution in [1.82, 2.24) is 4.57 Å². The molecule has 0 atom stereocenters. The highest BCUT2D eigenvalue weighted by Gasteiger charge is 2.21. The van der Waals surface area contributed by atoms with Gasteiger partial charge in [0.05, 0.1) is 0 Å². The maximum atomic E-state index is 2.44. The molecule has 1 aliphatic rings. The van der Waals surface area contributed by atoms with Crippen LogP contribution in [0.15, 0.2) is 72.8 Å². The van der Waals surface area contributed by atoms with Crippen molar-refractivity contribution >= 4 is 32.6 Å². The Kier molecular flexibility index (Phi) is 2.71. The van der Waals surface area contributed by atoms with Gasteiger partial charge in [-0.05, 0) is 64.6 Å². The van der Waals surface area contributed by atoms with E-state index in [-0.39, 0.29) is 0 Å². The fourth-order valence-electron chi connectivity index (χ4n) is 4.84. The quantitative estimate of drug-likeness (QED) is 0.322. The molecule has 0 unspecified atom stereocenters. The molecule has 6 rings (SSSR count). The number of aromatic nitrogens is 1. The Morgan fingerprint density at radius 3 is 2.50 bits per heavy atom. The Morgan fingerprint density at radius 1 is 0.731 bits per heavy atom. The molecule has 0 fully saturated rings. The molecular formula is C25H19N. The molecule has 1 aliphatic carbocycles. The molecular weight excluding hydrogens is 314 g/mol. The maximum absolute atomic E-state index is 2.44. The Labute approximate surface area is 152 Å². The second-order valence-corrected chi connectivity index (χ2v) is 7.28. The summed E-state index contributed by atoms with van der Waals surface area (Å²) in [6.45, 7) is 3.22. The third kappa shape index (κ3) is 1.70. The molecule has 4 aromatic carbocycles. The second kappa shape index (κ2) is 4.98. The van der Waals surface area contributed by atoms with E-state index >= 15 is 0 Å². The van der Waals surface area contributed by atoms with Crippen molar-refractivity contribution < 1.29 is 0 Å². The lowest BCUT2D eigenvalue weighted by Gasteiger charge is -2.08. The first kappa shape index (κ1) is 14.1. The number of para-hydroxylation sites is 1. The maximum Gasteiger partial charge on any atom is 0.0497 e. The molecule has 0 saturated heterocycles. The number of fused-ring (bicyclic) bond motifs is 8. The van der Waals surface area contributed by atoms with Crippen LogP contribution in [0.2, 0.25) is 0 Å². The lowest BCUT2D eigenvalue weighted by Crippen LogP contribution is -1.93. The average molecular weight is 333 g/mol. The Morgan fingerprint density at radius 2 is 1.58 bits per heavy atom. The van der Waals surface area contributed by atoms with E-state index in [1.165, 1.54) is 54.8 Å². The lowest BCUT2D eigenvalue weighted by molar-refractivity contribution is 0.827. The summed E-state index contributed by atoms with van der Waals surface area (Å²) in [6, 6.07) is 27.0. The molecule has 1 heteroatoms. The van der Waals surface area contributed by atoms with E-state index in [4.69, 9.17) is 0 Å². The minimum absolute atomic E-state index is 0.992. The third-order valence-electron chi connectivity index (χ3n) is 6.01. The van der Waals surface area contributed by atoms with Gasteiger partial charge in [-0.3, -0.25) is 0 Å². The fourth-order valence-corrected chi connectivity index (χ4v) is 4.84. The van der Waals surface area contributed by atoms with Gasteiger partial charge in [-0.25, -0.2) is 0 Å². The number of nitrogens with zero attached hydrogens (tertiary/aromatic N) is 1. The van der Waals surface area contributed by atoms with E-state index in [2.05, 4.69) is 84.3 Å². The number of benzene rings is 4. The number of hydrogen-bond donors (Lipinski definition) is 0. The largest absolute Gasteiger partial charge is 0.341 e. The van der Waals surface area contributed by atoms with Crippen LogP contribution in [-0.2, 0) is 13.0 Å². The molecule has 0 aliphatic heterocycles. The molecule has 0 N–H and O–H groups in total. The van der Waals surface area contributed by atoms with E-state index in [0.717, 1.165) is 13.0 Å². The average Bonchev–Trinajstić information content (AvgIpc) is 3.22. The second-order valence-electron chi connectivity index (χ2n) is 7.28. The summed E-state index contributed by atoms with van der Waals surface area (Å²) in [5, 5.41) is 5.49. The van der Waals surface area contributed by atoms with Crippen LogP contribution in [0, 0.1) is 0 Å². The van der Waals surface area contributed by atoms with Gasteiger partial charge in [0, 0.05) is 28.4 Å². The first-order valence-electron chi connectivity index (χ1n) is 9.40. The van der Waals surface area contributed by atoms with Gasteiger partial charge in [-0.15, -0.1) is 0 Å². The molecule has 1 aromatic heterocycles. The monoisotopic (exact) mass is 333 g/mol. The van der Waals surface area contributed by atoms with Crippen LogP contribution in [0.3, 0.4) is 0 Å². The van der Waals surface area contributed by atoms with Crippen molar-refractivity contribution in [1.29, 1.82) is 0 Å². The Hall–Kier alpha value is -3.06. The van der Waals surface area contributed by atoms with Gasteiger partial charge in [0.1, 0.15) is 0 Å². The van der Waals surface area contributed by atoms with E-state index < -0.39 is 0 Å². The molecule has 26 heavy (non-hydrogen) atoms. The van der Waals surface area contributed by atoms with Gasteiger partial charge in [0.15, 0.2) is 0 Å². The molecule has 1 nitrogen and oxygen atoms in total. The van der Waals surface area contributed by atoms with Crippen molar-refractivity contribution in [3.05, 3.63) is 83.9 Å². The summed E-state index contributed by atoms with van der Waals surface area (Å²) in [7, 11) is 0. The van der Waals surface area contributed by atoms with Crippen molar-refractivity contribution in [3.63, 3.8) is 0 Å². The molecule has 1 heterocycles. The van der Waals surface area contributed by atoms with E-state index in [9.17, 15) is 0 Å². The minimum Gasteiger partial charge on any atom is -0.341 e. The topological polar surface area (TPSA) is 4.93 Å². The zero-order valence-electron chi connectivity index (χ0n) is 14.8. The van der Waals surface area contributed by atoms with Crippen molar-refractivity contribution in [2.45, 2.75) is 19.9 Å². The predicted molar refractivity (Wildman–Crippen MR) is 111 cm³/mol. The summed E-state index contributed by atoms with van der Waals surface area (Å²) < 4.78 is 2.44. The fraction of sp³-hybridized carbons (Fsp3) is 0.120. The Bertz CT molecular complexity index is 1340. The number of hydrogen-bond acceptors (Lipinski definition) is 0. The Balaban J connectivity index is 1.75. The number of aryl methyl sites for hydroxylation is 1. The van der Waals surface area contributed by atoms with E-state index in [0.29, 0.717) is 0 Å². The minimum atomic E-state index is 0.992. The van der Waals surface area contributed by atoms with Gasteiger partial charge in [-0.2, -0.15) is 0 Å². The first-order chi connectivity index (χ1) is 12.8. The van der Waals surface area contributed by atoms with Gasteiger partial charge < -0.3 is 4.57 Å². The highest BCUT2D eigenvalue weighted by molar-refractivity contribution is 6.14.